The maximum atomic E-state index is 12.7. The zero-order chi connectivity index (χ0) is 16.9. The zero-order valence-corrected chi connectivity index (χ0v) is 14.6. The van der Waals surface area contributed by atoms with Gasteiger partial charge in [0.05, 0.1) is 12.1 Å². The Kier molecular flexibility index (Phi) is 3.60. The predicted octanol–water partition coefficient (Wildman–Crippen LogP) is 3.69. The van der Waals surface area contributed by atoms with E-state index in [2.05, 4.69) is 39.5 Å². The second-order valence-corrected chi connectivity index (χ2v) is 7.23. The number of allylic oxidation sites excluding steroid dienone is 2. The van der Waals surface area contributed by atoms with Crippen LogP contribution in [0, 0.1) is 14.9 Å². The van der Waals surface area contributed by atoms with E-state index >= 15 is 0 Å². The Morgan fingerprint density at radius 1 is 1.42 bits per heavy atom. The summed E-state index contributed by atoms with van der Waals surface area (Å²) >= 11 is 2.28. The van der Waals surface area contributed by atoms with E-state index in [4.69, 9.17) is 10.3 Å². The summed E-state index contributed by atoms with van der Waals surface area (Å²) in [6.07, 6.45) is 4.70. The number of nitriles is 1. The van der Waals surface area contributed by atoms with Gasteiger partial charge in [-0.05, 0) is 58.7 Å². The number of hydrogen-bond acceptors (Lipinski definition) is 4. The molecule has 0 fully saturated rings. The largest absolute Gasteiger partial charge is 0.431 e. The molecule has 1 aromatic rings. The number of fused-ring (bicyclic) bond motifs is 3. The van der Waals surface area contributed by atoms with Crippen molar-refractivity contribution in [3.63, 3.8) is 0 Å². The van der Waals surface area contributed by atoms with Gasteiger partial charge in [0, 0.05) is 15.8 Å². The number of halogens is 3. The lowest BCUT2D eigenvalue weighted by Gasteiger charge is -2.25. The maximum absolute atomic E-state index is 12.7. The van der Waals surface area contributed by atoms with Gasteiger partial charge in [-0.1, -0.05) is 6.07 Å². The highest BCUT2D eigenvalue weighted by atomic mass is 127. The van der Waals surface area contributed by atoms with Gasteiger partial charge in [0.25, 0.3) is 0 Å². The average molecular weight is 439 g/mol. The Balaban J connectivity index is 1.78. The van der Waals surface area contributed by atoms with Crippen LogP contribution in [-0.4, -0.2) is 23.9 Å². The minimum absolute atomic E-state index is 0.0418. The van der Waals surface area contributed by atoms with Gasteiger partial charge in [0.1, 0.15) is 11.6 Å². The number of aryl methyl sites for hydroxylation is 1. The topological polar surface area (TPSA) is 48.6 Å². The van der Waals surface area contributed by atoms with Gasteiger partial charge < -0.3 is 9.64 Å². The SMILES string of the molecule is N#CC1=CN2C[C@@]3(CCc4cc(I)ccc43)N=C2C(OC(F)F)=C1. The zero-order valence-electron chi connectivity index (χ0n) is 12.5. The van der Waals surface area contributed by atoms with Crippen LogP contribution in [0.5, 0.6) is 0 Å². The van der Waals surface area contributed by atoms with Crippen molar-refractivity contribution in [2.75, 3.05) is 6.54 Å². The molecule has 1 atom stereocenters. The Hall–Kier alpha value is -1.95. The number of rotatable bonds is 2. The molecule has 0 aromatic heterocycles. The molecule has 4 nitrogen and oxygen atoms in total. The fourth-order valence-corrected chi connectivity index (χ4v) is 4.15. The van der Waals surface area contributed by atoms with Crippen LogP contribution >= 0.6 is 22.6 Å². The predicted molar refractivity (Wildman–Crippen MR) is 92.2 cm³/mol. The highest BCUT2D eigenvalue weighted by Crippen LogP contribution is 2.46. The van der Waals surface area contributed by atoms with Crippen molar-refractivity contribution in [3.05, 3.63) is 56.5 Å². The molecule has 1 aromatic carbocycles. The van der Waals surface area contributed by atoms with Crippen LogP contribution < -0.4 is 0 Å². The van der Waals surface area contributed by atoms with Crippen LogP contribution in [0.2, 0.25) is 0 Å². The molecule has 2 aliphatic heterocycles. The summed E-state index contributed by atoms with van der Waals surface area (Å²) in [5.41, 5.74) is 2.20. The first-order valence-corrected chi connectivity index (χ1v) is 8.53. The van der Waals surface area contributed by atoms with Gasteiger partial charge in [-0.2, -0.15) is 14.0 Å². The molecule has 0 N–H and O–H groups in total. The Morgan fingerprint density at radius 3 is 3.00 bits per heavy atom. The van der Waals surface area contributed by atoms with Crippen LogP contribution in [0.4, 0.5) is 8.78 Å². The molecule has 0 saturated carbocycles. The lowest BCUT2D eigenvalue weighted by atomic mass is 9.93. The molecule has 2 heterocycles. The summed E-state index contributed by atoms with van der Waals surface area (Å²) < 4.78 is 31.2. The molecule has 0 saturated heterocycles. The third-order valence-corrected chi connectivity index (χ3v) is 5.22. The van der Waals surface area contributed by atoms with Crippen molar-refractivity contribution in [2.45, 2.75) is 25.0 Å². The van der Waals surface area contributed by atoms with Crippen molar-refractivity contribution in [1.29, 1.82) is 5.26 Å². The van der Waals surface area contributed by atoms with Gasteiger partial charge in [0.15, 0.2) is 11.6 Å². The fourth-order valence-electron chi connectivity index (χ4n) is 3.60. The maximum Gasteiger partial charge on any atom is 0.387 e. The number of alkyl halides is 2. The molecular formula is C17H12F2IN3O. The van der Waals surface area contributed by atoms with E-state index < -0.39 is 12.2 Å². The third kappa shape index (κ3) is 2.40. The summed E-state index contributed by atoms with van der Waals surface area (Å²) in [5, 5.41) is 9.13. The minimum atomic E-state index is -2.95. The fraction of sp³-hybridized carbons (Fsp3) is 0.294. The van der Waals surface area contributed by atoms with Crippen molar-refractivity contribution in [2.24, 2.45) is 4.99 Å². The number of ether oxygens (including phenoxy) is 1. The van der Waals surface area contributed by atoms with E-state index in [1.807, 2.05) is 12.1 Å². The van der Waals surface area contributed by atoms with Crippen LogP contribution in [0.15, 0.2) is 46.8 Å². The number of benzene rings is 1. The van der Waals surface area contributed by atoms with Crippen LogP contribution in [-0.2, 0) is 16.7 Å². The summed E-state index contributed by atoms with van der Waals surface area (Å²) in [4.78, 5) is 6.53. The average Bonchev–Trinajstić information content (AvgIpc) is 3.08. The minimum Gasteiger partial charge on any atom is -0.431 e. The van der Waals surface area contributed by atoms with Gasteiger partial charge in [-0.25, -0.2) is 0 Å². The summed E-state index contributed by atoms with van der Waals surface area (Å²) in [6, 6.07) is 8.23. The van der Waals surface area contributed by atoms with Crippen molar-refractivity contribution < 1.29 is 13.5 Å². The Labute approximate surface area is 151 Å². The van der Waals surface area contributed by atoms with Crippen molar-refractivity contribution >= 4 is 28.4 Å². The molecule has 7 heteroatoms. The van der Waals surface area contributed by atoms with E-state index in [0.29, 0.717) is 12.4 Å². The third-order valence-electron chi connectivity index (χ3n) is 4.55. The molecule has 0 bridgehead atoms. The highest BCUT2D eigenvalue weighted by Gasteiger charge is 2.46. The quantitative estimate of drug-likeness (QED) is 0.661. The van der Waals surface area contributed by atoms with Crippen molar-refractivity contribution in [1.82, 2.24) is 4.90 Å². The Bertz CT molecular complexity index is 856. The molecule has 122 valence electrons. The first-order valence-electron chi connectivity index (χ1n) is 7.45. The van der Waals surface area contributed by atoms with E-state index in [-0.39, 0.29) is 11.3 Å². The normalized spacial score (nSPS) is 24.3. The molecule has 0 radical (unpaired) electrons. The van der Waals surface area contributed by atoms with Gasteiger partial charge >= 0.3 is 6.61 Å². The van der Waals surface area contributed by atoms with Gasteiger partial charge in [-0.15, -0.1) is 0 Å². The number of nitrogens with zero attached hydrogens (tertiary/aromatic N) is 3. The smallest absolute Gasteiger partial charge is 0.387 e. The first kappa shape index (κ1) is 15.6. The molecule has 1 spiro atoms. The summed E-state index contributed by atoms with van der Waals surface area (Å²) in [7, 11) is 0. The lowest BCUT2D eigenvalue weighted by Crippen LogP contribution is -2.32. The molecule has 1 aliphatic carbocycles. The summed E-state index contributed by atoms with van der Waals surface area (Å²) in [6.45, 7) is -2.42. The van der Waals surface area contributed by atoms with Crippen LogP contribution in [0.1, 0.15) is 17.5 Å². The van der Waals surface area contributed by atoms with E-state index in [1.165, 1.54) is 15.2 Å². The molecule has 4 rings (SSSR count). The van der Waals surface area contributed by atoms with Crippen LogP contribution in [0.25, 0.3) is 0 Å². The molecule has 0 unspecified atom stereocenters. The second-order valence-electron chi connectivity index (χ2n) is 5.98. The molecule has 3 aliphatic rings. The molecule has 24 heavy (non-hydrogen) atoms. The van der Waals surface area contributed by atoms with Crippen LogP contribution in [0.3, 0.4) is 0 Å². The highest BCUT2D eigenvalue weighted by molar-refractivity contribution is 14.1. The molecular weight excluding hydrogens is 427 g/mol. The number of aliphatic imine (C=N–C) groups is 1. The van der Waals surface area contributed by atoms with Crippen molar-refractivity contribution in [3.8, 4) is 6.07 Å². The van der Waals surface area contributed by atoms with Gasteiger partial charge in [-0.3, -0.25) is 4.99 Å². The standard InChI is InChI=1S/C17H12F2IN3O/c18-16(19)24-14-5-10(7-21)8-23-9-17(22-15(14)23)4-3-11-6-12(20)1-2-13(11)17/h1-2,5-6,8,16H,3-4,9H2/t17-/m1/s1. The van der Waals surface area contributed by atoms with E-state index in [1.54, 1.807) is 11.1 Å². The lowest BCUT2D eigenvalue weighted by molar-refractivity contribution is -0.0906. The van der Waals surface area contributed by atoms with E-state index in [9.17, 15) is 8.78 Å². The Morgan fingerprint density at radius 2 is 2.25 bits per heavy atom. The first-order chi connectivity index (χ1) is 11.5. The second kappa shape index (κ2) is 5.55. The monoisotopic (exact) mass is 439 g/mol. The number of amidine groups is 1. The van der Waals surface area contributed by atoms with E-state index in [0.717, 1.165) is 18.4 Å². The van der Waals surface area contributed by atoms with Gasteiger partial charge in [0.2, 0.25) is 0 Å². The summed E-state index contributed by atoms with van der Waals surface area (Å²) in [5.74, 6) is 0.334. The molecule has 0 amide bonds. The number of hydrogen-bond donors (Lipinski definition) is 0.